The minimum atomic E-state index is -0.660. The molecule has 0 fully saturated rings. The number of nitrogens with one attached hydrogen (secondary N) is 1. The van der Waals surface area contributed by atoms with E-state index in [1.54, 1.807) is 25.2 Å². The normalized spacial score (nSPS) is 10.5. The number of nitrogens with zero attached hydrogens (tertiary/aromatic N) is 2. The number of methoxy groups -OCH3 is 1. The lowest BCUT2D eigenvalue weighted by Crippen LogP contribution is -2.22. The summed E-state index contributed by atoms with van der Waals surface area (Å²) in [6.45, 7) is 1.62. The molecule has 0 unspecified atom stereocenters. The van der Waals surface area contributed by atoms with Gasteiger partial charge in [0, 0.05) is 23.7 Å². The van der Waals surface area contributed by atoms with Gasteiger partial charge >= 0.3 is 5.97 Å². The van der Waals surface area contributed by atoms with Gasteiger partial charge in [-0.2, -0.15) is 5.10 Å². The van der Waals surface area contributed by atoms with Crippen LogP contribution in [0.5, 0.6) is 11.5 Å². The SMILES string of the molecule is COc1cc(C(=O)OCC(=O)Nc2cc(C)nn2C)ccc1OCc1ccccc1Cl. The van der Waals surface area contributed by atoms with Crippen LogP contribution in [0, 0.1) is 6.92 Å². The third-order valence-electron chi connectivity index (χ3n) is 4.34. The first kappa shape index (κ1) is 22.2. The summed E-state index contributed by atoms with van der Waals surface area (Å²) in [5.74, 6) is 0.190. The smallest absolute Gasteiger partial charge is 0.338 e. The molecule has 0 saturated heterocycles. The summed E-state index contributed by atoms with van der Waals surface area (Å²) in [6.07, 6.45) is 0. The molecule has 0 radical (unpaired) electrons. The molecule has 2 aromatic carbocycles. The van der Waals surface area contributed by atoms with Crippen LogP contribution < -0.4 is 14.8 Å². The number of carbonyl (C=O) groups excluding carboxylic acids is 2. The molecular weight excluding hydrogens is 422 g/mol. The highest BCUT2D eigenvalue weighted by atomic mass is 35.5. The molecule has 0 aliphatic carbocycles. The molecule has 9 heteroatoms. The Morgan fingerprint density at radius 3 is 2.58 bits per heavy atom. The average molecular weight is 444 g/mol. The van der Waals surface area contributed by atoms with Crippen LogP contribution in [0.15, 0.2) is 48.5 Å². The predicted molar refractivity (Wildman–Crippen MR) is 116 cm³/mol. The maximum atomic E-state index is 12.3. The monoisotopic (exact) mass is 443 g/mol. The average Bonchev–Trinajstić information content (AvgIpc) is 3.07. The van der Waals surface area contributed by atoms with E-state index >= 15 is 0 Å². The largest absolute Gasteiger partial charge is 0.493 e. The Morgan fingerprint density at radius 2 is 1.90 bits per heavy atom. The number of aromatic nitrogens is 2. The molecule has 1 heterocycles. The zero-order valence-corrected chi connectivity index (χ0v) is 18.1. The van der Waals surface area contributed by atoms with Crippen molar-refractivity contribution in [2.24, 2.45) is 7.05 Å². The Balaban J connectivity index is 1.59. The molecule has 0 aliphatic heterocycles. The summed E-state index contributed by atoms with van der Waals surface area (Å²) >= 11 is 6.14. The Morgan fingerprint density at radius 1 is 1.13 bits per heavy atom. The third-order valence-corrected chi connectivity index (χ3v) is 4.71. The van der Waals surface area contributed by atoms with Crippen LogP contribution in [0.2, 0.25) is 5.02 Å². The summed E-state index contributed by atoms with van der Waals surface area (Å²) in [4.78, 5) is 24.4. The molecule has 0 aliphatic rings. The topological polar surface area (TPSA) is 91.7 Å². The van der Waals surface area contributed by atoms with Gasteiger partial charge in [-0.05, 0) is 31.2 Å². The first-order chi connectivity index (χ1) is 14.9. The van der Waals surface area contributed by atoms with Gasteiger partial charge in [0.15, 0.2) is 18.1 Å². The lowest BCUT2D eigenvalue weighted by molar-refractivity contribution is -0.119. The van der Waals surface area contributed by atoms with Crippen molar-refractivity contribution in [2.45, 2.75) is 13.5 Å². The van der Waals surface area contributed by atoms with Gasteiger partial charge in [0.25, 0.3) is 5.91 Å². The Kier molecular flexibility index (Phi) is 7.15. The van der Waals surface area contributed by atoms with E-state index in [1.165, 1.54) is 23.9 Å². The maximum Gasteiger partial charge on any atom is 0.338 e. The molecule has 162 valence electrons. The maximum absolute atomic E-state index is 12.3. The van der Waals surface area contributed by atoms with E-state index in [0.717, 1.165) is 11.3 Å². The second-order valence-electron chi connectivity index (χ2n) is 6.66. The molecule has 1 N–H and O–H groups in total. The molecule has 1 amide bonds. The van der Waals surface area contributed by atoms with Crippen molar-refractivity contribution in [3.05, 3.63) is 70.4 Å². The summed E-state index contributed by atoms with van der Waals surface area (Å²) in [5.41, 5.74) is 1.81. The summed E-state index contributed by atoms with van der Waals surface area (Å²) in [6, 6.07) is 13.7. The summed E-state index contributed by atoms with van der Waals surface area (Å²) in [5, 5.41) is 7.37. The fourth-order valence-corrected chi connectivity index (χ4v) is 3.00. The second-order valence-corrected chi connectivity index (χ2v) is 7.07. The number of esters is 1. The van der Waals surface area contributed by atoms with Crippen molar-refractivity contribution in [3.63, 3.8) is 0 Å². The van der Waals surface area contributed by atoms with Crippen molar-refractivity contribution in [1.29, 1.82) is 0 Å². The van der Waals surface area contributed by atoms with Crippen molar-refractivity contribution in [3.8, 4) is 11.5 Å². The van der Waals surface area contributed by atoms with Crippen molar-refractivity contribution in [1.82, 2.24) is 9.78 Å². The number of halogens is 1. The number of amides is 1. The van der Waals surface area contributed by atoms with Crippen LogP contribution in [0.3, 0.4) is 0 Å². The Hall–Kier alpha value is -3.52. The standard InChI is InChI=1S/C22H22ClN3O5/c1-14-10-20(26(2)25-14)24-21(27)13-31-22(28)15-8-9-18(19(11-15)29-3)30-12-16-6-4-5-7-17(16)23/h4-11H,12-13H2,1-3H3,(H,24,27). The third kappa shape index (κ3) is 5.76. The van der Waals surface area contributed by atoms with Crippen molar-refractivity contribution in [2.75, 3.05) is 19.0 Å². The van der Waals surface area contributed by atoms with Gasteiger partial charge in [0.2, 0.25) is 0 Å². The van der Waals surface area contributed by atoms with Crippen LogP contribution in [-0.2, 0) is 23.2 Å². The van der Waals surface area contributed by atoms with E-state index in [2.05, 4.69) is 10.4 Å². The van der Waals surface area contributed by atoms with Crippen LogP contribution in [0.25, 0.3) is 0 Å². The number of aryl methyl sites for hydroxylation is 2. The molecule has 1 aromatic heterocycles. The predicted octanol–water partition coefficient (Wildman–Crippen LogP) is 3.77. The Bertz CT molecular complexity index is 1100. The number of ether oxygens (including phenoxy) is 3. The fraction of sp³-hybridized carbons (Fsp3) is 0.227. The number of carbonyl (C=O) groups is 2. The van der Waals surface area contributed by atoms with E-state index in [4.69, 9.17) is 25.8 Å². The number of hydrogen-bond donors (Lipinski definition) is 1. The van der Waals surface area contributed by atoms with E-state index in [0.29, 0.717) is 22.3 Å². The highest BCUT2D eigenvalue weighted by molar-refractivity contribution is 6.31. The van der Waals surface area contributed by atoms with E-state index < -0.39 is 18.5 Å². The highest BCUT2D eigenvalue weighted by Crippen LogP contribution is 2.30. The molecule has 0 atom stereocenters. The van der Waals surface area contributed by atoms with Crippen LogP contribution >= 0.6 is 11.6 Å². The van der Waals surface area contributed by atoms with Crippen LogP contribution in [-0.4, -0.2) is 35.4 Å². The molecule has 0 saturated carbocycles. The van der Waals surface area contributed by atoms with Gasteiger partial charge in [-0.25, -0.2) is 4.79 Å². The van der Waals surface area contributed by atoms with Gasteiger partial charge in [-0.15, -0.1) is 0 Å². The van der Waals surface area contributed by atoms with Gasteiger partial charge in [0.05, 0.1) is 18.4 Å². The number of rotatable bonds is 8. The quantitative estimate of drug-likeness (QED) is 0.533. The second kappa shape index (κ2) is 9.99. The van der Waals surface area contributed by atoms with Crippen LogP contribution in [0.1, 0.15) is 21.6 Å². The van der Waals surface area contributed by atoms with Crippen molar-refractivity contribution < 1.29 is 23.8 Å². The molecule has 0 bridgehead atoms. The fourth-order valence-electron chi connectivity index (χ4n) is 2.81. The molecule has 3 rings (SSSR count). The minimum Gasteiger partial charge on any atom is -0.493 e. The van der Waals surface area contributed by atoms with E-state index in [-0.39, 0.29) is 12.2 Å². The van der Waals surface area contributed by atoms with E-state index in [1.807, 2.05) is 25.1 Å². The van der Waals surface area contributed by atoms with Crippen LogP contribution in [0.4, 0.5) is 5.82 Å². The Labute approximate surface area is 184 Å². The van der Waals surface area contributed by atoms with Gasteiger partial charge in [0.1, 0.15) is 12.4 Å². The van der Waals surface area contributed by atoms with E-state index in [9.17, 15) is 9.59 Å². The minimum absolute atomic E-state index is 0.228. The molecule has 3 aromatic rings. The molecule has 8 nitrogen and oxygen atoms in total. The van der Waals surface area contributed by atoms with Gasteiger partial charge in [-0.1, -0.05) is 29.8 Å². The van der Waals surface area contributed by atoms with Gasteiger partial charge in [-0.3, -0.25) is 9.48 Å². The number of anilines is 1. The summed E-state index contributed by atoms with van der Waals surface area (Å²) < 4.78 is 17.7. The first-order valence-electron chi connectivity index (χ1n) is 9.39. The summed E-state index contributed by atoms with van der Waals surface area (Å²) in [7, 11) is 3.17. The first-order valence-corrected chi connectivity index (χ1v) is 9.77. The molecular formula is C22H22ClN3O5. The lowest BCUT2D eigenvalue weighted by Gasteiger charge is -2.13. The highest BCUT2D eigenvalue weighted by Gasteiger charge is 2.15. The zero-order valence-electron chi connectivity index (χ0n) is 17.3. The zero-order chi connectivity index (χ0) is 22.4. The molecule has 31 heavy (non-hydrogen) atoms. The number of hydrogen-bond acceptors (Lipinski definition) is 6. The van der Waals surface area contributed by atoms with Gasteiger partial charge < -0.3 is 19.5 Å². The number of benzene rings is 2. The molecule has 0 spiro atoms. The lowest BCUT2D eigenvalue weighted by atomic mass is 10.2. The van der Waals surface area contributed by atoms with Crippen molar-refractivity contribution >= 4 is 29.3 Å².